The van der Waals surface area contributed by atoms with E-state index in [9.17, 15) is 32.8 Å². The van der Waals surface area contributed by atoms with Gasteiger partial charge in [-0.15, -0.1) is 6.58 Å². The van der Waals surface area contributed by atoms with Crippen LogP contribution in [0.2, 0.25) is 0 Å². The summed E-state index contributed by atoms with van der Waals surface area (Å²) in [6, 6.07) is 0. The molecule has 0 aromatic carbocycles. The van der Waals surface area contributed by atoms with Gasteiger partial charge in [0.25, 0.3) is 10.1 Å². The Kier molecular flexibility index (Phi) is 24.6. The molecule has 0 saturated carbocycles. The van der Waals surface area contributed by atoms with Gasteiger partial charge < -0.3 is 19.8 Å². The van der Waals surface area contributed by atoms with Crippen molar-refractivity contribution in [2.75, 3.05) is 0 Å². The molecule has 10 heteroatoms. The van der Waals surface area contributed by atoms with E-state index in [4.69, 9.17) is 0 Å². The summed E-state index contributed by atoms with van der Waals surface area (Å²) < 4.78 is 29.2. The molecule has 0 saturated heterocycles. The summed E-state index contributed by atoms with van der Waals surface area (Å²) in [5.41, 5.74) is 1.23. The topological polar surface area (TPSA) is 135 Å². The molecular weight excluding hydrogens is 462 g/mol. The maximum Gasteiger partial charge on any atom is 1.00 e. The predicted octanol–water partition coefficient (Wildman–Crippen LogP) is -3.84. The number of aliphatic carboxylic acids is 2. The first kappa shape index (κ1) is 36.4. The summed E-state index contributed by atoms with van der Waals surface area (Å²) >= 11 is 0. The third-order valence-corrected chi connectivity index (χ3v) is 6.48. The van der Waals surface area contributed by atoms with Crippen molar-refractivity contribution in [3.63, 3.8) is 0 Å². The number of allylic oxidation sites excluding steroid dienone is 1. The van der Waals surface area contributed by atoms with Crippen LogP contribution < -0.4 is 113 Å². The van der Waals surface area contributed by atoms with Gasteiger partial charge in [-0.2, -0.15) is 8.42 Å². The molecule has 0 aliphatic rings. The Bertz CT molecular complexity index is 608. The molecule has 0 fully saturated rings. The van der Waals surface area contributed by atoms with E-state index < -0.39 is 39.6 Å². The van der Waals surface area contributed by atoms with Gasteiger partial charge >= 0.3 is 103 Å². The molecule has 1 N–H and O–H groups in total. The zero-order chi connectivity index (χ0) is 21.6. The third-order valence-electron chi connectivity index (χ3n) is 4.98. The molecule has 1 unspecified atom stereocenters. The number of rotatable bonds is 18. The van der Waals surface area contributed by atoms with E-state index in [1.54, 1.807) is 0 Å². The zero-order valence-corrected chi connectivity index (χ0v) is 26.0. The average Bonchev–Trinajstić information content (AvgIpc) is 2.55. The van der Waals surface area contributed by atoms with E-state index in [2.05, 4.69) is 6.58 Å². The van der Waals surface area contributed by atoms with Gasteiger partial charge in [-0.1, -0.05) is 69.8 Å². The van der Waals surface area contributed by atoms with Crippen molar-refractivity contribution in [2.45, 2.75) is 102 Å². The fourth-order valence-electron chi connectivity index (χ4n) is 3.25. The molecule has 0 amide bonds. The zero-order valence-electron chi connectivity index (χ0n) is 18.9. The van der Waals surface area contributed by atoms with Gasteiger partial charge in [0, 0.05) is 12.4 Å². The first-order chi connectivity index (χ1) is 13.0. The van der Waals surface area contributed by atoms with Crippen molar-refractivity contribution in [1.82, 2.24) is 0 Å². The fourth-order valence-corrected chi connectivity index (χ4v) is 4.16. The van der Waals surface area contributed by atoms with Crippen LogP contribution in [0.15, 0.2) is 12.2 Å². The van der Waals surface area contributed by atoms with Gasteiger partial charge in [0.05, 0.1) is 5.97 Å². The molecule has 1 atom stereocenters. The maximum atomic E-state index is 11.4. The second-order valence-electron chi connectivity index (χ2n) is 7.65. The molecule has 0 radical (unpaired) electrons. The van der Waals surface area contributed by atoms with Crippen molar-refractivity contribution in [2.24, 2.45) is 0 Å². The molecule has 0 aromatic heterocycles. The first-order valence-electron chi connectivity index (χ1n) is 10.1. The Balaban J connectivity index is -0.00000364. The Morgan fingerprint density at radius 2 is 1.20 bits per heavy atom. The molecule has 0 rings (SSSR count). The standard InChI is InChI=1S/C20H36O7S.2K/c1-17(2)14-12-10-8-6-4-3-5-7-9-11-13-15-20(19(23)24,16-18(21)22)28(25,26)27;;/h1,3-16H2,2H3,(H,21,22)(H,23,24)(H,25,26,27);;/q;2*+1/p-2. The molecule has 30 heavy (non-hydrogen) atoms. The first-order valence-corrected chi connectivity index (χ1v) is 11.5. The Hall–Kier alpha value is 1.86. The number of hydrogen-bond acceptors (Lipinski definition) is 6. The van der Waals surface area contributed by atoms with E-state index in [1.807, 2.05) is 6.92 Å². The van der Waals surface area contributed by atoms with Gasteiger partial charge in [0.15, 0.2) is 0 Å². The van der Waals surface area contributed by atoms with Crippen LogP contribution in [0.3, 0.4) is 0 Å². The van der Waals surface area contributed by atoms with Crippen LogP contribution in [0.1, 0.15) is 96.8 Å². The normalized spacial score (nSPS) is 12.9. The van der Waals surface area contributed by atoms with Crippen molar-refractivity contribution < 1.29 is 136 Å². The molecule has 7 nitrogen and oxygen atoms in total. The molecule has 0 aliphatic carbocycles. The van der Waals surface area contributed by atoms with Gasteiger partial charge in [0.1, 0.15) is 4.75 Å². The van der Waals surface area contributed by atoms with Gasteiger partial charge in [0.2, 0.25) is 0 Å². The van der Waals surface area contributed by atoms with Crippen LogP contribution in [-0.4, -0.2) is 29.7 Å². The smallest absolute Gasteiger partial charge is 0.550 e. The SMILES string of the molecule is C=C(C)CCCCCCCCCCCCCC(CC(=O)[O-])(C(=O)[O-])S(=O)(=O)O.[K+].[K+]. The maximum absolute atomic E-state index is 11.4. The van der Waals surface area contributed by atoms with Crippen LogP contribution in [0, 0.1) is 0 Å². The largest absolute Gasteiger partial charge is 1.00 e. The Morgan fingerprint density at radius 3 is 1.50 bits per heavy atom. The summed E-state index contributed by atoms with van der Waals surface area (Å²) in [6.07, 6.45) is 9.95. The van der Waals surface area contributed by atoms with Crippen LogP contribution in [0.4, 0.5) is 0 Å². The second-order valence-corrected chi connectivity index (χ2v) is 9.38. The molecule has 0 heterocycles. The quantitative estimate of drug-likeness (QED) is 0.0889. The van der Waals surface area contributed by atoms with Crippen LogP contribution in [0.5, 0.6) is 0 Å². The summed E-state index contributed by atoms with van der Waals surface area (Å²) in [5, 5.41) is 22.0. The number of carbonyl (C=O) groups excluding carboxylic acids is 2. The molecule has 0 spiro atoms. The molecular formula is C20H34K2O7S. The Labute approximate surface area is 266 Å². The number of hydrogen-bond donors (Lipinski definition) is 1. The van der Waals surface area contributed by atoms with Gasteiger partial charge in [-0.3, -0.25) is 4.55 Å². The predicted molar refractivity (Wildman–Crippen MR) is 104 cm³/mol. The van der Waals surface area contributed by atoms with Crippen molar-refractivity contribution in [3.8, 4) is 0 Å². The van der Waals surface area contributed by atoms with E-state index in [1.165, 1.54) is 37.7 Å². The van der Waals surface area contributed by atoms with Crippen molar-refractivity contribution in [3.05, 3.63) is 12.2 Å². The monoisotopic (exact) mass is 496 g/mol. The minimum atomic E-state index is -5.13. The fraction of sp³-hybridized carbons (Fsp3) is 0.800. The summed E-state index contributed by atoms with van der Waals surface area (Å²) in [5.74, 6) is -3.97. The van der Waals surface area contributed by atoms with Crippen molar-refractivity contribution in [1.29, 1.82) is 0 Å². The van der Waals surface area contributed by atoms with Gasteiger partial charge in [-0.05, 0) is 26.2 Å². The number of carbonyl (C=O) groups is 2. The average molecular weight is 497 g/mol. The summed E-state index contributed by atoms with van der Waals surface area (Å²) in [7, 11) is -5.13. The molecule has 0 aromatic rings. The molecule has 164 valence electrons. The second kappa shape index (κ2) is 20.3. The van der Waals surface area contributed by atoms with Gasteiger partial charge in [-0.25, -0.2) is 0 Å². The van der Waals surface area contributed by atoms with E-state index >= 15 is 0 Å². The molecule has 0 aliphatic heterocycles. The van der Waals surface area contributed by atoms with E-state index in [0.29, 0.717) is 6.42 Å². The van der Waals surface area contributed by atoms with Crippen LogP contribution >= 0.6 is 0 Å². The molecule has 0 bridgehead atoms. The number of unbranched alkanes of at least 4 members (excludes halogenated alkanes) is 10. The number of carboxylic acids is 2. The van der Waals surface area contributed by atoms with Crippen LogP contribution in [0.25, 0.3) is 0 Å². The Morgan fingerprint density at radius 1 is 0.833 bits per heavy atom. The van der Waals surface area contributed by atoms with Crippen LogP contribution in [-0.2, 0) is 19.7 Å². The van der Waals surface area contributed by atoms with E-state index in [0.717, 1.165) is 32.1 Å². The summed E-state index contributed by atoms with van der Waals surface area (Å²) in [6.45, 7) is 5.93. The minimum Gasteiger partial charge on any atom is -0.550 e. The number of carboxylic acid groups (broad SMARTS) is 2. The summed E-state index contributed by atoms with van der Waals surface area (Å²) in [4.78, 5) is 22.0. The van der Waals surface area contributed by atoms with E-state index in [-0.39, 0.29) is 109 Å². The van der Waals surface area contributed by atoms with Crippen molar-refractivity contribution >= 4 is 22.1 Å². The minimum absolute atomic E-state index is 0. The third kappa shape index (κ3) is 16.5.